The summed E-state index contributed by atoms with van der Waals surface area (Å²) in [5, 5.41) is 12.6. The smallest absolute Gasteiger partial charge is 0.323 e. The number of halogens is 1. The van der Waals surface area contributed by atoms with E-state index in [1.807, 2.05) is 0 Å². The van der Waals surface area contributed by atoms with Crippen molar-refractivity contribution in [2.24, 2.45) is 0 Å². The van der Waals surface area contributed by atoms with Crippen LogP contribution in [0.3, 0.4) is 0 Å². The Balaban J connectivity index is 2.00. The number of carbonyl (C=O) groups excluding carboxylic acids is 1. The summed E-state index contributed by atoms with van der Waals surface area (Å²) in [6, 6.07) is 6.86. The van der Waals surface area contributed by atoms with Crippen LogP contribution in [-0.2, 0) is 9.59 Å². The summed E-state index contributed by atoms with van der Waals surface area (Å²) in [7, 11) is 0. The second-order valence-electron chi connectivity index (χ2n) is 5.16. The first-order chi connectivity index (χ1) is 9.41. The van der Waals surface area contributed by atoms with Crippen LogP contribution in [0.4, 0.5) is 5.69 Å². The van der Waals surface area contributed by atoms with Crippen LogP contribution in [0.5, 0.6) is 0 Å². The Morgan fingerprint density at radius 3 is 2.90 bits per heavy atom. The molecule has 6 heteroatoms. The van der Waals surface area contributed by atoms with E-state index in [2.05, 4.69) is 5.32 Å². The normalized spacial score (nSPS) is 22.7. The molecule has 0 aromatic heterocycles. The maximum Gasteiger partial charge on any atom is 0.323 e. The lowest BCUT2D eigenvalue weighted by Gasteiger charge is -2.30. The minimum absolute atomic E-state index is 0.0648. The van der Waals surface area contributed by atoms with Crippen LogP contribution in [0.25, 0.3) is 0 Å². The zero-order valence-electron chi connectivity index (χ0n) is 11.2. The van der Waals surface area contributed by atoms with Crippen molar-refractivity contribution in [3.8, 4) is 0 Å². The molecule has 1 aliphatic heterocycles. The Labute approximate surface area is 122 Å². The zero-order chi connectivity index (χ0) is 14.8. The molecule has 0 spiro atoms. The van der Waals surface area contributed by atoms with Gasteiger partial charge in [-0.3, -0.25) is 14.5 Å². The van der Waals surface area contributed by atoms with Crippen LogP contribution in [-0.4, -0.2) is 40.5 Å². The van der Waals surface area contributed by atoms with Gasteiger partial charge in [0.05, 0.1) is 6.54 Å². The molecule has 0 bridgehead atoms. The number of carbonyl (C=O) groups is 2. The summed E-state index contributed by atoms with van der Waals surface area (Å²) in [5.41, 5.74) is -0.343. The number of rotatable bonds is 4. The van der Waals surface area contributed by atoms with Crippen LogP contribution in [0.15, 0.2) is 24.3 Å². The molecule has 1 aromatic rings. The van der Waals surface area contributed by atoms with Gasteiger partial charge in [0.25, 0.3) is 0 Å². The molecule has 1 unspecified atom stereocenters. The number of carboxylic acids is 1. The molecule has 0 radical (unpaired) electrons. The molecule has 1 atom stereocenters. The van der Waals surface area contributed by atoms with Gasteiger partial charge in [-0.1, -0.05) is 17.7 Å². The van der Waals surface area contributed by atoms with Crippen LogP contribution < -0.4 is 5.32 Å². The second-order valence-corrected chi connectivity index (χ2v) is 5.60. The van der Waals surface area contributed by atoms with Gasteiger partial charge in [-0.25, -0.2) is 0 Å². The Kier molecular flexibility index (Phi) is 4.30. The summed E-state index contributed by atoms with van der Waals surface area (Å²) in [6.45, 7) is 2.34. The third-order valence-corrected chi connectivity index (χ3v) is 3.93. The van der Waals surface area contributed by atoms with Crippen molar-refractivity contribution in [2.45, 2.75) is 25.3 Å². The van der Waals surface area contributed by atoms with E-state index in [1.165, 1.54) is 0 Å². The van der Waals surface area contributed by atoms with E-state index in [9.17, 15) is 14.7 Å². The minimum atomic E-state index is -0.953. The van der Waals surface area contributed by atoms with Gasteiger partial charge in [-0.15, -0.1) is 0 Å². The number of likely N-dealkylation sites (tertiary alicyclic amines) is 1. The number of hydrogen-bond donors (Lipinski definition) is 2. The number of carboxylic acid groups (broad SMARTS) is 1. The average molecular weight is 297 g/mol. The Morgan fingerprint density at radius 1 is 1.50 bits per heavy atom. The quantitative estimate of drug-likeness (QED) is 0.894. The first-order valence-corrected chi connectivity index (χ1v) is 6.83. The molecular formula is C14H17ClN2O3. The third-order valence-electron chi connectivity index (χ3n) is 3.69. The lowest BCUT2D eigenvalue weighted by Crippen LogP contribution is -2.50. The monoisotopic (exact) mass is 296 g/mol. The molecule has 2 N–H and O–H groups in total. The van der Waals surface area contributed by atoms with Crippen molar-refractivity contribution in [3.05, 3.63) is 29.3 Å². The SMILES string of the molecule is CC1(C(=O)O)CCCN1CC(=O)Nc1cccc(Cl)c1. The van der Waals surface area contributed by atoms with Gasteiger partial charge >= 0.3 is 5.97 Å². The number of anilines is 1. The van der Waals surface area contributed by atoms with Crippen molar-refractivity contribution in [3.63, 3.8) is 0 Å². The lowest BCUT2D eigenvalue weighted by molar-refractivity contribution is -0.149. The summed E-state index contributed by atoms with van der Waals surface area (Å²) < 4.78 is 0. The molecule has 0 saturated carbocycles. The van der Waals surface area contributed by atoms with Crippen molar-refractivity contribution < 1.29 is 14.7 Å². The highest BCUT2D eigenvalue weighted by Gasteiger charge is 2.43. The van der Waals surface area contributed by atoms with Crippen molar-refractivity contribution in [1.82, 2.24) is 4.90 Å². The molecule has 1 amide bonds. The molecule has 2 rings (SSSR count). The molecule has 1 heterocycles. The van der Waals surface area contributed by atoms with E-state index in [1.54, 1.807) is 36.1 Å². The number of aliphatic carboxylic acids is 1. The topological polar surface area (TPSA) is 69.6 Å². The molecular weight excluding hydrogens is 280 g/mol. The third kappa shape index (κ3) is 3.11. The fourth-order valence-corrected chi connectivity index (χ4v) is 2.65. The van der Waals surface area contributed by atoms with Crippen molar-refractivity contribution in [1.29, 1.82) is 0 Å². The zero-order valence-corrected chi connectivity index (χ0v) is 12.0. The molecule has 108 valence electrons. The molecule has 20 heavy (non-hydrogen) atoms. The van der Waals surface area contributed by atoms with E-state index in [4.69, 9.17) is 11.6 Å². The second kappa shape index (κ2) is 5.81. The van der Waals surface area contributed by atoms with E-state index in [-0.39, 0.29) is 12.5 Å². The van der Waals surface area contributed by atoms with E-state index in [0.29, 0.717) is 23.7 Å². The van der Waals surface area contributed by atoms with Crippen molar-refractivity contribution in [2.75, 3.05) is 18.4 Å². The van der Waals surface area contributed by atoms with E-state index < -0.39 is 11.5 Å². The van der Waals surface area contributed by atoms with E-state index >= 15 is 0 Å². The van der Waals surface area contributed by atoms with Gasteiger partial charge in [-0.05, 0) is 44.5 Å². The van der Waals surface area contributed by atoms with Crippen LogP contribution in [0.2, 0.25) is 5.02 Å². The number of nitrogens with zero attached hydrogens (tertiary/aromatic N) is 1. The maximum atomic E-state index is 12.0. The van der Waals surface area contributed by atoms with Gasteiger partial charge in [0.15, 0.2) is 0 Å². The highest BCUT2D eigenvalue weighted by molar-refractivity contribution is 6.30. The highest BCUT2D eigenvalue weighted by atomic mass is 35.5. The van der Waals surface area contributed by atoms with E-state index in [0.717, 1.165) is 6.42 Å². The van der Waals surface area contributed by atoms with Crippen molar-refractivity contribution >= 4 is 29.2 Å². The maximum absolute atomic E-state index is 12.0. The Morgan fingerprint density at radius 2 is 2.25 bits per heavy atom. The first-order valence-electron chi connectivity index (χ1n) is 6.46. The molecule has 1 aromatic carbocycles. The lowest BCUT2D eigenvalue weighted by atomic mass is 9.99. The van der Waals surface area contributed by atoms with Gasteiger partial charge in [0, 0.05) is 10.7 Å². The summed E-state index contributed by atoms with van der Waals surface area (Å²) in [4.78, 5) is 25.0. The van der Waals surface area contributed by atoms with Crippen LogP contribution in [0, 0.1) is 0 Å². The number of hydrogen-bond acceptors (Lipinski definition) is 3. The average Bonchev–Trinajstić information content (AvgIpc) is 2.72. The predicted molar refractivity (Wildman–Crippen MR) is 76.9 cm³/mol. The summed E-state index contributed by atoms with van der Waals surface area (Å²) in [6.07, 6.45) is 1.35. The fraction of sp³-hybridized carbons (Fsp3) is 0.429. The Hall–Kier alpha value is -1.59. The number of benzene rings is 1. The van der Waals surface area contributed by atoms with Crippen LogP contribution in [0.1, 0.15) is 19.8 Å². The fourth-order valence-electron chi connectivity index (χ4n) is 2.45. The van der Waals surface area contributed by atoms with Gasteiger partial charge in [0.2, 0.25) is 5.91 Å². The van der Waals surface area contributed by atoms with Gasteiger partial charge in [-0.2, -0.15) is 0 Å². The molecule has 0 aliphatic carbocycles. The molecule has 1 saturated heterocycles. The number of nitrogens with one attached hydrogen (secondary N) is 1. The number of amides is 1. The largest absolute Gasteiger partial charge is 0.480 e. The molecule has 5 nitrogen and oxygen atoms in total. The predicted octanol–water partition coefficient (Wildman–Crippen LogP) is 2.22. The summed E-state index contributed by atoms with van der Waals surface area (Å²) >= 11 is 5.85. The molecule has 1 fully saturated rings. The molecule has 1 aliphatic rings. The van der Waals surface area contributed by atoms with Gasteiger partial charge in [0.1, 0.15) is 5.54 Å². The van der Waals surface area contributed by atoms with Crippen LogP contribution >= 0.6 is 11.6 Å². The highest BCUT2D eigenvalue weighted by Crippen LogP contribution is 2.28. The minimum Gasteiger partial charge on any atom is -0.480 e. The van der Waals surface area contributed by atoms with Gasteiger partial charge < -0.3 is 10.4 Å². The summed E-state index contributed by atoms with van der Waals surface area (Å²) in [5.74, 6) is -1.12. The standard InChI is InChI=1S/C14H17ClN2O3/c1-14(13(19)20)6-3-7-17(14)9-12(18)16-11-5-2-4-10(15)8-11/h2,4-5,8H,3,6-7,9H2,1H3,(H,16,18)(H,19,20). The Bertz CT molecular complexity index is 535. The first kappa shape index (κ1) is 14.8.